The number of aromatic nitrogens is 2. The van der Waals surface area contributed by atoms with E-state index in [1.165, 1.54) is 0 Å². The van der Waals surface area contributed by atoms with Gasteiger partial charge in [0.25, 0.3) is 5.91 Å². The maximum atomic E-state index is 12.4. The third-order valence-corrected chi connectivity index (χ3v) is 3.73. The van der Waals surface area contributed by atoms with Gasteiger partial charge >= 0.3 is 0 Å². The van der Waals surface area contributed by atoms with Crippen LogP contribution in [0.4, 0.5) is 0 Å². The molecular weight excluding hydrogens is 304 g/mol. The number of nitrogens with one attached hydrogen (secondary N) is 2. The van der Waals surface area contributed by atoms with Crippen molar-refractivity contribution in [3.8, 4) is 0 Å². The normalized spacial score (nSPS) is 10.5. The number of pyridine rings is 1. The van der Waals surface area contributed by atoms with Crippen LogP contribution in [0.2, 0.25) is 0 Å². The summed E-state index contributed by atoms with van der Waals surface area (Å²) in [6.45, 7) is 6.49. The average molecular weight is 328 g/mol. The summed E-state index contributed by atoms with van der Waals surface area (Å²) in [5.41, 5.74) is 2.07. The minimum atomic E-state index is -0.116. The van der Waals surface area contributed by atoms with Gasteiger partial charge in [0.2, 0.25) is 5.91 Å². The molecule has 0 aliphatic rings. The smallest absolute Gasteiger partial charge is 0.270 e. The van der Waals surface area contributed by atoms with E-state index in [2.05, 4.69) is 22.2 Å². The van der Waals surface area contributed by atoms with E-state index in [-0.39, 0.29) is 11.8 Å². The molecule has 0 unspecified atom stereocenters. The second kappa shape index (κ2) is 8.86. The van der Waals surface area contributed by atoms with Crippen LogP contribution in [0.3, 0.4) is 0 Å². The molecule has 2 N–H and O–H groups in total. The van der Waals surface area contributed by atoms with Gasteiger partial charge < -0.3 is 10.6 Å². The summed E-state index contributed by atoms with van der Waals surface area (Å²) in [5, 5.41) is 5.67. The Kier molecular flexibility index (Phi) is 6.54. The van der Waals surface area contributed by atoms with Gasteiger partial charge in [-0.15, -0.1) is 6.58 Å². The van der Waals surface area contributed by atoms with Crippen molar-refractivity contribution in [2.24, 2.45) is 0 Å². The summed E-state index contributed by atoms with van der Waals surface area (Å²) in [6.07, 6.45) is 6.56. The summed E-state index contributed by atoms with van der Waals surface area (Å²) in [5.74, 6) is -0.0739. The molecule has 2 rings (SSSR count). The zero-order valence-corrected chi connectivity index (χ0v) is 14.0. The van der Waals surface area contributed by atoms with Crippen molar-refractivity contribution < 1.29 is 9.59 Å². The topological polar surface area (TPSA) is 75.5 Å². The maximum absolute atomic E-state index is 12.4. The van der Waals surface area contributed by atoms with Gasteiger partial charge in [-0.2, -0.15) is 0 Å². The number of carbonyl (C=O) groups excluding carboxylic acids is 2. The van der Waals surface area contributed by atoms with Gasteiger partial charge in [-0.1, -0.05) is 18.6 Å². The largest absolute Gasteiger partial charge is 0.353 e. The molecule has 6 nitrogen and oxygen atoms in total. The van der Waals surface area contributed by atoms with Crippen molar-refractivity contribution in [1.29, 1.82) is 0 Å². The summed E-state index contributed by atoms with van der Waals surface area (Å²) in [6, 6.07) is 5.65. The van der Waals surface area contributed by atoms with Crippen LogP contribution in [0.15, 0.2) is 37.1 Å². The lowest BCUT2D eigenvalue weighted by molar-refractivity contribution is -0.121. The third-order valence-electron chi connectivity index (χ3n) is 3.73. The van der Waals surface area contributed by atoms with Crippen molar-refractivity contribution in [3.05, 3.63) is 48.4 Å². The molecule has 2 aromatic rings. The molecule has 24 heavy (non-hydrogen) atoms. The molecule has 0 saturated carbocycles. The molecule has 0 aliphatic carbocycles. The van der Waals surface area contributed by atoms with E-state index < -0.39 is 0 Å². The highest BCUT2D eigenvalue weighted by molar-refractivity contribution is 5.94. The first-order valence-electron chi connectivity index (χ1n) is 8.23. The first-order chi connectivity index (χ1) is 11.6. The van der Waals surface area contributed by atoms with Crippen LogP contribution in [0, 0.1) is 6.92 Å². The molecule has 0 atom stereocenters. The van der Waals surface area contributed by atoms with Crippen LogP contribution >= 0.6 is 0 Å². The number of hydrogen-bond donors (Lipinski definition) is 2. The van der Waals surface area contributed by atoms with E-state index in [1.54, 1.807) is 10.5 Å². The van der Waals surface area contributed by atoms with Crippen LogP contribution in [0.25, 0.3) is 5.65 Å². The molecule has 0 saturated heterocycles. The molecule has 6 heteroatoms. The fraction of sp³-hybridized carbons (Fsp3) is 0.389. The van der Waals surface area contributed by atoms with Crippen LogP contribution in [0.5, 0.6) is 0 Å². The Hall–Kier alpha value is -2.63. The number of imidazole rings is 1. The number of nitrogens with zero attached hydrogens (tertiary/aromatic N) is 2. The zero-order chi connectivity index (χ0) is 17.4. The minimum Gasteiger partial charge on any atom is -0.353 e. The Morgan fingerprint density at radius 1 is 1.25 bits per heavy atom. The van der Waals surface area contributed by atoms with Crippen molar-refractivity contribution in [2.75, 3.05) is 13.1 Å². The van der Waals surface area contributed by atoms with Crippen molar-refractivity contribution >= 4 is 17.5 Å². The van der Waals surface area contributed by atoms with Gasteiger partial charge in [-0.05, 0) is 31.9 Å². The number of aryl methyl sites for hydroxylation is 1. The lowest BCUT2D eigenvalue weighted by Gasteiger charge is -2.06. The molecule has 128 valence electrons. The number of fused-ring (bicyclic) bond motifs is 1. The monoisotopic (exact) mass is 328 g/mol. The Morgan fingerprint density at radius 3 is 2.88 bits per heavy atom. The number of carbonyl (C=O) groups is 2. The fourth-order valence-corrected chi connectivity index (χ4v) is 2.53. The van der Waals surface area contributed by atoms with Gasteiger partial charge in [0.1, 0.15) is 11.3 Å². The van der Waals surface area contributed by atoms with E-state index >= 15 is 0 Å². The SMILES string of the molecule is C=CCNC(=O)CCCCCNC(=O)c1c(C)nc2ccccn12. The molecule has 0 bridgehead atoms. The highest BCUT2D eigenvalue weighted by Gasteiger charge is 2.15. The number of rotatable bonds is 9. The Bertz CT molecular complexity index is 721. The van der Waals surface area contributed by atoms with Gasteiger partial charge in [0.15, 0.2) is 0 Å². The predicted octanol–water partition coefficient (Wildman–Crippen LogP) is 2.24. The van der Waals surface area contributed by atoms with Crippen LogP contribution < -0.4 is 10.6 Å². The van der Waals surface area contributed by atoms with Crippen molar-refractivity contribution in [3.63, 3.8) is 0 Å². The number of hydrogen-bond acceptors (Lipinski definition) is 3. The molecule has 0 fully saturated rings. The standard InChI is InChI=1S/C18H24N4O2/c1-3-11-19-16(23)10-5-4-7-12-20-18(24)17-14(2)21-15-9-6-8-13-22(15)17/h3,6,8-9,13H,1,4-5,7,10-12H2,2H3,(H,19,23)(H,20,24). The van der Waals surface area contributed by atoms with Crippen LogP contribution in [-0.2, 0) is 4.79 Å². The minimum absolute atomic E-state index is 0.0419. The summed E-state index contributed by atoms with van der Waals surface area (Å²) in [7, 11) is 0. The van der Waals surface area contributed by atoms with E-state index in [9.17, 15) is 9.59 Å². The number of unbranched alkanes of at least 4 members (excludes halogenated alkanes) is 2. The molecule has 2 heterocycles. The Labute approximate surface area is 142 Å². The quantitative estimate of drug-likeness (QED) is 0.547. The summed E-state index contributed by atoms with van der Waals surface area (Å²) in [4.78, 5) is 28.2. The van der Waals surface area contributed by atoms with Gasteiger partial charge in [-0.3, -0.25) is 14.0 Å². The van der Waals surface area contributed by atoms with E-state index in [4.69, 9.17) is 0 Å². The maximum Gasteiger partial charge on any atom is 0.270 e. The highest BCUT2D eigenvalue weighted by atomic mass is 16.2. The first kappa shape index (κ1) is 17.7. The molecule has 2 aromatic heterocycles. The Morgan fingerprint density at radius 2 is 2.08 bits per heavy atom. The van der Waals surface area contributed by atoms with Gasteiger partial charge in [0, 0.05) is 25.7 Å². The van der Waals surface area contributed by atoms with E-state index in [0.29, 0.717) is 25.2 Å². The fourth-order valence-electron chi connectivity index (χ4n) is 2.53. The van der Waals surface area contributed by atoms with E-state index in [0.717, 1.165) is 30.6 Å². The first-order valence-corrected chi connectivity index (χ1v) is 8.23. The van der Waals surface area contributed by atoms with Crippen molar-refractivity contribution in [1.82, 2.24) is 20.0 Å². The third kappa shape index (κ3) is 4.68. The molecule has 0 aliphatic heterocycles. The average Bonchev–Trinajstić information content (AvgIpc) is 2.91. The second-order valence-corrected chi connectivity index (χ2v) is 5.63. The summed E-state index contributed by atoms with van der Waals surface area (Å²) >= 11 is 0. The lowest BCUT2D eigenvalue weighted by Crippen LogP contribution is -2.26. The zero-order valence-electron chi connectivity index (χ0n) is 14.0. The predicted molar refractivity (Wildman–Crippen MR) is 93.9 cm³/mol. The van der Waals surface area contributed by atoms with Crippen molar-refractivity contribution in [2.45, 2.75) is 32.6 Å². The van der Waals surface area contributed by atoms with Gasteiger partial charge in [0.05, 0.1) is 5.69 Å². The Balaban J connectivity index is 1.73. The highest BCUT2D eigenvalue weighted by Crippen LogP contribution is 2.11. The number of amides is 2. The van der Waals surface area contributed by atoms with Crippen LogP contribution in [0.1, 0.15) is 41.9 Å². The molecule has 2 amide bonds. The summed E-state index contributed by atoms with van der Waals surface area (Å²) < 4.78 is 1.80. The van der Waals surface area contributed by atoms with E-state index in [1.807, 2.05) is 31.3 Å². The lowest BCUT2D eigenvalue weighted by atomic mass is 10.2. The van der Waals surface area contributed by atoms with Crippen LogP contribution in [-0.4, -0.2) is 34.3 Å². The molecule has 0 aromatic carbocycles. The molecule has 0 spiro atoms. The molecular formula is C18H24N4O2. The van der Waals surface area contributed by atoms with Gasteiger partial charge in [-0.25, -0.2) is 4.98 Å². The molecule has 0 radical (unpaired) electrons. The second-order valence-electron chi connectivity index (χ2n) is 5.63.